The molecule has 4 aromatic rings. The van der Waals surface area contributed by atoms with Crippen molar-refractivity contribution in [1.82, 2.24) is 30.0 Å². The van der Waals surface area contributed by atoms with Crippen LogP contribution in [0, 0.1) is 0 Å². The molecule has 2 amide bonds. The van der Waals surface area contributed by atoms with Gasteiger partial charge in [-0.15, -0.1) is 5.10 Å². The van der Waals surface area contributed by atoms with E-state index in [2.05, 4.69) is 20.4 Å². The molecular weight excluding hydrogens is 472 g/mol. The van der Waals surface area contributed by atoms with Crippen LogP contribution in [0.3, 0.4) is 0 Å². The molecule has 10 heteroatoms. The number of rotatable bonds is 6. The summed E-state index contributed by atoms with van der Waals surface area (Å²) in [5.41, 5.74) is 3.15. The third-order valence-corrected chi connectivity index (χ3v) is 6.75. The summed E-state index contributed by atoms with van der Waals surface area (Å²) in [6.07, 6.45) is 3.78. The Bertz CT molecular complexity index is 1440. The smallest absolute Gasteiger partial charge is 0.269 e. The maximum atomic E-state index is 13.6. The first-order chi connectivity index (χ1) is 18.0. The van der Waals surface area contributed by atoms with Crippen LogP contribution in [0.4, 0.5) is 0 Å². The minimum atomic E-state index is -0.234. The zero-order valence-corrected chi connectivity index (χ0v) is 20.9. The van der Waals surface area contributed by atoms with Gasteiger partial charge in [-0.1, -0.05) is 30.3 Å². The lowest BCUT2D eigenvalue weighted by atomic mass is 9.85. The van der Waals surface area contributed by atoms with Crippen molar-refractivity contribution >= 4 is 22.8 Å². The van der Waals surface area contributed by atoms with Crippen molar-refractivity contribution in [3.05, 3.63) is 77.7 Å². The Kier molecular flexibility index (Phi) is 6.72. The number of carbonyl (C=O) groups is 2. The van der Waals surface area contributed by atoms with Gasteiger partial charge in [0.25, 0.3) is 11.8 Å². The number of likely N-dealkylation sites (tertiary alicyclic amines) is 1. The van der Waals surface area contributed by atoms with Crippen LogP contribution < -0.4 is 14.8 Å². The summed E-state index contributed by atoms with van der Waals surface area (Å²) in [5.74, 6) is 0.431. The Morgan fingerprint density at radius 1 is 1.03 bits per heavy atom. The standard InChI is InChI=1S/C27H28N6O4/c1-32-22(15-24(31-32)37-3)26(34)30-20-9-12-33(16-19(20)17-7-5-4-6-8-17)27(35)18-13-21-25(23(14-18)36-2)29-11-10-28-21/h4-8,10-11,13-15,19-20H,9,12,16H2,1-3H3,(H,30,34)/t19-,20-/m1/s1. The number of benzene rings is 2. The number of methoxy groups -OCH3 is 2. The number of amides is 2. The summed E-state index contributed by atoms with van der Waals surface area (Å²) in [7, 11) is 4.77. The third-order valence-electron chi connectivity index (χ3n) is 6.75. The van der Waals surface area contributed by atoms with Gasteiger partial charge in [0.2, 0.25) is 5.88 Å². The van der Waals surface area contributed by atoms with E-state index in [4.69, 9.17) is 9.47 Å². The average molecular weight is 501 g/mol. The van der Waals surface area contributed by atoms with Crippen LogP contribution in [0.25, 0.3) is 11.0 Å². The molecule has 2 aromatic heterocycles. The van der Waals surface area contributed by atoms with Gasteiger partial charge in [0.1, 0.15) is 17.0 Å². The molecule has 1 saturated heterocycles. The molecule has 1 aliphatic rings. The summed E-state index contributed by atoms with van der Waals surface area (Å²) in [6, 6.07) is 14.8. The summed E-state index contributed by atoms with van der Waals surface area (Å²) in [6.45, 7) is 0.936. The number of nitrogens with zero attached hydrogens (tertiary/aromatic N) is 5. The topological polar surface area (TPSA) is 111 Å². The number of aromatic nitrogens is 4. The molecule has 190 valence electrons. The fourth-order valence-electron chi connectivity index (χ4n) is 4.85. The fourth-order valence-corrected chi connectivity index (χ4v) is 4.85. The van der Waals surface area contributed by atoms with E-state index < -0.39 is 0 Å². The lowest BCUT2D eigenvalue weighted by molar-refractivity contribution is 0.0670. The zero-order valence-electron chi connectivity index (χ0n) is 20.9. The van der Waals surface area contributed by atoms with Gasteiger partial charge in [-0.05, 0) is 24.1 Å². The van der Waals surface area contributed by atoms with Crippen LogP contribution in [0.15, 0.2) is 60.9 Å². The van der Waals surface area contributed by atoms with Gasteiger partial charge in [0.15, 0.2) is 0 Å². The largest absolute Gasteiger partial charge is 0.494 e. The normalized spacial score (nSPS) is 17.4. The van der Waals surface area contributed by atoms with Crippen LogP contribution in [0.5, 0.6) is 11.6 Å². The summed E-state index contributed by atoms with van der Waals surface area (Å²) < 4.78 is 12.1. The van der Waals surface area contributed by atoms with Crippen molar-refractivity contribution in [2.75, 3.05) is 27.3 Å². The molecule has 1 aliphatic heterocycles. The predicted octanol–water partition coefficient (Wildman–Crippen LogP) is 2.81. The molecule has 0 saturated carbocycles. The number of nitrogens with one attached hydrogen (secondary N) is 1. The van der Waals surface area contributed by atoms with Gasteiger partial charge in [0.05, 0.1) is 19.7 Å². The molecule has 0 spiro atoms. The molecule has 5 rings (SSSR count). The first-order valence-electron chi connectivity index (χ1n) is 12.0. The number of hydrogen-bond acceptors (Lipinski definition) is 7. The highest BCUT2D eigenvalue weighted by Gasteiger charge is 2.34. The lowest BCUT2D eigenvalue weighted by Crippen LogP contribution is -2.51. The number of carbonyl (C=O) groups excluding carboxylic acids is 2. The Morgan fingerprint density at radius 2 is 1.81 bits per heavy atom. The molecular formula is C27H28N6O4. The minimum Gasteiger partial charge on any atom is -0.494 e. The van der Waals surface area contributed by atoms with E-state index in [-0.39, 0.29) is 23.8 Å². The second-order valence-corrected chi connectivity index (χ2v) is 8.94. The maximum absolute atomic E-state index is 13.6. The molecule has 0 unspecified atom stereocenters. The first-order valence-corrected chi connectivity index (χ1v) is 12.0. The highest BCUT2D eigenvalue weighted by Crippen LogP contribution is 2.30. The monoisotopic (exact) mass is 500 g/mol. The van der Waals surface area contributed by atoms with E-state index in [1.54, 1.807) is 44.8 Å². The van der Waals surface area contributed by atoms with Crippen LogP contribution in [-0.4, -0.2) is 69.8 Å². The van der Waals surface area contributed by atoms with Gasteiger partial charge in [-0.3, -0.25) is 19.3 Å². The van der Waals surface area contributed by atoms with Crippen LogP contribution in [0.1, 0.15) is 38.7 Å². The third kappa shape index (κ3) is 4.82. The number of piperidine rings is 1. The molecule has 0 aliphatic carbocycles. The van der Waals surface area contributed by atoms with Crippen molar-refractivity contribution in [2.45, 2.75) is 18.4 Å². The maximum Gasteiger partial charge on any atom is 0.269 e. The van der Waals surface area contributed by atoms with Gasteiger partial charge in [-0.25, -0.2) is 4.98 Å². The van der Waals surface area contributed by atoms with E-state index >= 15 is 0 Å². The van der Waals surface area contributed by atoms with E-state index in [9.17, 15) is 9.59 Å². The predicted molar refractivity (Wildman–Crippen MR) is 137 cm³/mol. The zero-order chi connectivity index (χ0) is 25.9. The fraction of sp³-hybridized carbons (Fsp3) is 0.296. The van der Waals surface area contributed by atoms with E-state index in [1.807, 2.05) is 35.2 Å². The van der Waals surface area contributed by atoms with Gasteiger partial charge in [-0.2, -0.15) is 0 Å². The molecule has 3 heterocycles. The Balaban J connectivity index is 1.40. The quantitative estimate of drug-likeness (QED) is 0.433. The molecule has 0 radical (unpaired) electrons. The van der Waals surface area contributed by atoms with E-state index in [0.717, 1.165) is 5.56 Å². The van der Waals surface area contributed by atoms with E-state index in [0.29, 0.717) is 53.4 Å². The van der Waals surface area contributed by atoms with Gasteiger partial charge in [0, 0.05) is 56.1 Å². The van der Waals surface area contributed by atoms with Crippen LogP contribution in [-0.2, 0) is 7.05 Å². The second kappa shape index (κ2) is 10.3. The highest BCUT2D eigenvalue weighted by molar-refractivity contribution is 5.99. The minimum absolute atomic E-state index is 0.0971. The van der Waals surface area contributed by atoms with Crippen molar-refractivity contribution in [1.29, 1.82) is 0 Å². The highest BCUT2D eigenvalue weighted by atomic mass is 16.5. The summed E-state index contributed by atoms with van der Waals surface area (Å²) >= 11 is 0. The first kappa shape index (κ1) is 24.2. The lowest BCUT2D eigenvalue weighted by Gasteiger charge is -2.39. The van der Waals surface area contributed by atoms with Gasteiger partial charge < -0.3 is 19.7 Å². The molecule has 37 heavy (non-hydrogen) atoms. The van der Waals surface area contributed by atoms with Crippen molar-refractivity contribution in [3.63, 3.8) is 0 Å². The molecule has 1 N–H and O–H groups in total. The Hall–Kier alpha value is -4.47. The molecule has 0 bridgehead atoms. The van der Waals surface area contributed by atoms with E-state index in [1.165, 1.54) is 11.8 Å². The van der Waals surface area contributed by atoms with Crippen LogP contribution >= 0.6 is 0 Å². The molecule has 2 atom stereocenters. The SMILES string of the molecule is COc1cc(C(=O)N[C@@H]2CCN(C(=O)c3cc(OC)c4nccnc4c3)C[C@@H]2c2ccccc2)n(C)n1. The number of aryl methyl sites for hydroxylation is 1. The van der Waals surface area contributed by atoms with Crippen LogP contribution in [0.2, 0.25) is 0 Å². The van der Waals surface area contributed by atoms with Crippen molar-refractivity contribution in [3.8, 4) is 11.6 Å². The molecule has 10 nitrogen and oxygen atoms in total. The summed E-state index contributed by atoms with van der Waals surface area (Å²) in [4.78, 5) is 37.3. The second-order valence-electron chi connectivity index (χ2n) is 8.94. The van der Waals surface area contributed by atoms with Crippen molar-refractivity contribution < 1.29 is 19.1 Å². The molecule has 2 aromatic carbocycles. The number of fused-ring (bicyclic) bond motifs is 1. The molecule has 1 fully saturated rings. The number of hydrogen-bond donors (Lipinski definition) is 1. The van der Waals surface area contributed by atoms with Crippen molar-refractivity contribution in [2.24, 2.45) is 7.05 Å². The van der Waals surface area contributed by atoms with Gasteiger partial charge >= 0.3 is 0 Å². The number of ether oxygens (including phenoxy) is 2. The average Bonchev–Trinajstić information content (AvgIpc) is 3.33. The Labute approximate surface area is 214 Å². The summed E-state index contributed by atoms with van der Waals surface area (Å²) in [5, 5.41) is 7.36. The Morgan fingerprint density at radius 3 is 2.54 bits per heavy atom.